The van der Waals surface area contributed by atoms with E-state index in [0.717, 1.165) is 31.2 Å². The number of nitrogens with one attached hydrogen (secondary N) is 1. The zero-order valence-electron chi connectivity index (χ0n) is 11.2. The lowest BCUT2D eigenvalue weighted by atomic mass is 10.2. The average Bonchev–Trinajstić information content (AvgIpc) is 2.66. The molecule has 2 rings (SSSR count). The maximum atomic E-state index is 12.0. The number of aromatic nitrogens is 1. The van der Waals surface area contributed by atoms with E-state index in [4.69, 9.17) is 0 Å². The van der Waals surface area contributed by atoms with Crippen LogP contribution in [0.25, 0.3) is 0 Å². The van der Waals surface area contributed by atoms with Crippen LogP contribution in [0.1, 0.15) is 31.2 Å². The van der Waals surface area contributed by atoms with E-state index in [2.05, 4.69) is 10.3 Å². The first-order valence-electron chi connectivity index (χ1n) is 6.70. The van der Waals surface area contributed by atoms with Gasteiger partial charge in [-0.3, -0.25) is 9.59 Å². The van der Waals surface area contributed by atoms with Gasteiger partial charge in [0.05, 0.1) is 0 Å². The van der Waals surface area contributed by atoms with E-state index in [1.165, 1.54) is 0 Å². The van der Waals surface area contributed by atoms with Crippen LogP contribution in [-0.4, -0.2) is 34.8 Å². The Kier molecular flexibility index (Phi) is 4.49. The van der Waals surface area contributed by atoms with Crippen LogP contribution in [0.3, 0.4) is 0 Å². The van der Waals surface area contributed by atoms with Gasteiger partial charge in [-0.25, -0.2) is 4.98 Å². The highest BCUT2D eigenvalue weighted by Gasteiger charge is 2.22. The Balaban J connectivity index is 1.97. The van der Waals surface area contributed by atoms with Gasteiger partial charge in [0, 0.05) is 19.3 Å². The third-order valence-electron chi connectivity index (χ3n) is 3.24. The quantitative estimate of drug-likeness (QED) is 0.783. The second-order valence-electron chi connectivity index (χ2n) is 4.88. The van der Waals surface area contributed by atoms with E-state index >= 15 is 0 Å². The Morgan fingerprint density at radius 1 is 1.21 bits per heavy atom. The highest BCUT2D eigenvalue weighted by molar-refractivity contribution is 6.39. The number of aryl methyl sites for hydroxylation is 1. The first-order valence-corrected chi connectivity index (χ1v) is 6.70. The number of carbonyl (C=O) groups excluding carboxylic acids is 2. The van der Waals surface area contributed by atoms with E-state index in [1.807, 2.05) is 13.0 Å². The van der Waals surface area contributed by atoms with Gasteiger partial charge in [-0.1, -0.05) is 12.8 Å². The van der Waals surface area contributed by atoms with Gasteiger partial charge >= 0.3 is 11.8 Å². The fourth-order valence-corrected chi connectivity index (χ4v) is 2.19. The highest BCUT2D eigenvalue weighted by atomic mass is 16.2. The van der Waals surface area contributed by atoms with Gasteiger partial charge in [0.25, 0.3) is 0 Å². The molecule has 1 aliphatic rings. The third-order valence-corrected chi connectivity index (χ3v) is 3.24. The number of pyridine rings is 1. The summed E-state index contributed by atoms with van der Waals surface area (Å²) >= 11 is 0. The molecule has 5 nitrogen and oxygen atoms in total. The minimum absolute atomic E-state index is 0.424. The number of anilines is 1. The van der Waals surface area contributed by atoms with E-state index in [1.54, 1.807) is 17.2 Å². The number of amides is 2. The molecule has 1 aromatic rings. The molecule has 0 atom stereocenters. The molecule has 1 aliphatic heterocycles. The molecular formula is C14H19N3O2. The topological polar surface area (TPSA) is 62.3 Å². The minimum Gasteiger partial charge on any atom is -0.334 e. The number of hydrogen-bond donors (Lipinski definition) is 1. The Bertz CT molecular complexity index is 466. The second kappa shape index (κ2) is 6.31. The average molecular weight is 261 g/mol. The number of hydrogen-bond acceptors (Lipinski definition) is 3. The Labute approximate surface area is 113 Å². The van der Waals surface area contributed by atoms with Crippen molar-refractivity contribution < 1.29 is 9.59 Å². The Morgan fingerprint density at radius 2 is 1.89 bits per heavy atom. The van der Waals surface area contributed by atoms with Crippen LogP contribution in [-0.2, 0) is 9.59 Å². The fraction of sp³-hybridized carbons (Fsp3) is 0.500. The fourth-order valence-electron chi connectivity index (χ4n) is 2.19. The predicted molar refractivity (Wildman–Crippen MR) is 72.7 cm³/mol. The molecule has 0 radical (unpaired) electrons. The largest absolute Gasteiger partial charge is 0.334 e. The number of rotatable bonds is 1. The number of carbonyl (C=O) groups is 2. The monoisotopic (exact) mass is 261 g/mol. The molecule has 0 bridgehead atoms. The molecule has 102 valence electrons. The van der Waals surface area contributed by atoms with Crippen LogP contribution in [0.2, 0.25) is 0 Å². The van der Waals surface area contributed by atoms with E-state index in [-0.39, 0.29) is 0 Å². The van der Waals surface area contributed by atoms with Crippen LogP contribution in [0, 0.1) is 6.92 Å². The van der Waals surface area contributed by atoms with Crippen molar-refractivity contribution in [2.75, 3.05) is 18.4 Å². The zero-order valence-corrected chi connectivity index (χ0v) is 11.2. The summed E-state index contributed by atoms with van der Waals surface area (Å²) in [5, 5.41) is 2.56. The van der Waals surface area contributed by atoms with Crippen molar-refractivity contribution in [2.24, 2.45) is 0 Å². The molecule has 1 saturated heterocycles. The summed E-state index contributed by atoms with van der Waals surface area (Å²) in [4.78, 5) is 29.6. The lowest BCUT2D eigenvalue weighted by Crippen LogP contribution is -2.40. The van der Waals surface area contributed by atoms with Crippen molar-refractivity contribution in [3.8, 4) is 0 Å². The summed E-state index contributed by atoms with van der Waals surface area (Å²) in [6.45, 7) is 3.26. The Hall–Kier alpha value is -1.91. The molecule has 5 heteroatoms. The summed E-state index contributed by atoms with van der Waals surface area (Å²) in [6, 6.07) is 3.58. The molecule has 0 aliphatic carbocycles. The van der Waals surface area contributed by atoms with E-state index in [9.17, 15) is 9.59 Å². The summed E-state index contributed by atoms with van der Waals surface area (Å²) in [5.41, 5.74) is 0.993. The maximum Gasteiger partial charge on any atom is 0.315 e. The molecule has 1 fully saturated rings. The van der Waals surface area contributed by atoms with Crippen molar-refractivity contribution in [1.82, 2.24) is 9.88 Å². The molecule has 0 unspecified atom stereocenters. The van der Waals surface area contributed by atoms with Crippen LogP contribution in [0.4, 0.5) is 5.82 Å². The van der Waals surface area contributed by atoms with Gasteiger partial charge in [-0.05, 0) is 37.5 Å². The number of nitrogens with zero attached hydrogens (tertiary/aromatic N) is 2. The van der Waals surface area contributed by atoms with Gasteiger partial charge in [0.15, 0.2) is 0 Å². The second-order valence-corrected chi connectivity index (χ2v) is 4.88. The number of likely N-dealkylation sites (tertiary alicyclic amines) is 1. The molecule has 0 aromatic carbocycles. The molecule has 0 spiro atoms. The van der Waals surface area contributed by atoms with Gasteiger partial charge in [-0.15, -0.1) is 0 Å². The first-order chi connectivity index (χ1) is 9.16. The summed E-state index contributed by atoms with van der Waals surface area (Å²) < 4.78 is 0. The van der Waals surface area contributed by atoms with Crippen molar-refractivity contribution in [3.05, 3.63) is 23.9 Å². The van der Waals surface area contributed by atoms with E-state index < -0.39 is 11.8 Å². The first kappa shape index (κ1) is 13.5. The normalized spacial score (nSPS) is 15.7. The molecule has 1 aromatic heterocycles. The molecule has 2 heterocycles. The highest BCUT2D eigenvalue weighted by Crippen LogP contribution is 2.11. The summed E-state index contributed by atoms with van der Waals surface area (Å²) in [6.07, 6.45) is 5.82. The van der Waals surface area contributed by atoms with Gasteiger partial charge in [-0.2, -0.15) is 0 Å². The smallest absolute Gasteiger partial charge is 0.315 e. The molecule has 19 heavy (non-hydrogen) atoms. The van der Waals surface area contributed by atoms with E-state index in [0.29, 0.717) is 18.9 Å². The molecule has 2 amide bonds. The molecule has 1 N–H and O–H groups in total. The van der Waals surface area contributed by atoms with Crippen molar-refractivity contribution in [3.63, 3.8) is 0 Å². The Morgan fingerprint density at radius 3 is 2.53 bits per heavy atom. The molecular weight excluding hydrogens is 242 g/mol. The van der Waals surface area contributed by atoms with Crippen molar-refractivity contribution >= 4 is 17.6 Å². The standard InChI is InChI=1S/C14H19N3O2/c1-11-6-7-15-12(10-11)16-13(18)14(19)17-8-4-2-3-5-9-17/h6-7,10H,2-5,8-9H2,1H3,(H,15,16,18). The van der Waals surface area contributed by atoms with Crippen molar-refractivity contribution in [1.29, 1.82) is 0 Å². The van der Waals surface area contributed by atoms with Gasteiger partial charge < -0.3 is 10.2 Å². The van der Waals surface area contributed by atoms with Crippen molar-refractivity contribution in [2.45, 2.75) is 32.6 Å². The lowest BCUT2D eigenvalue weighted by Gasteiger charge is -2.19. The van der Waals surface area contributed by atoms with Crippen LogP contribution in [0.5, 0.6) is 0 Å². The minimum atomic E-state index is -0.597. The SMILES string of the molecule is Cc1ccnc(NC(=O)C(=O)N2CCCCCC2)c1. The lowest BCUT2D eigenvalue weighted by molar-refractivity contribution is -0.143. The predicted octanol–water partition coefficient (Wildman–Crippen LogP) is 1.73. The van der Waals surface area contributed by atoms with Gasteiger partial charge in [0.1, 0.15) is 5.82 Å². The summed E-state index contributed by atoms with van der Waals surface area (Å²) in [7, 11) is 0. The zero-order chi connectivity index (χ0) is 13.7. The van der Waals surface area contributed by atoms with Crippen LogP contribution >= 0.6 is 0 Å². The third kappa shape index (κ3) is 3.77. The maximum absolute atomic E-state index is 12.0. The van der Waals surface area contributed by atoms with Crippen LogP contribution < -0.4 is 5.32 Å². The summed E-state index contributed by atoms with van der Waals surface area (Å²) in [5.74, 6) is -0.627. The van der Waals surface area contributed by atoms with Crippen LogP contribution in [0.15, 0.2) is 18.3 Å². The molecule has 0 saturated carbocycles. The van der Waals surface area contributed by atoms with Gasteiger partial charge in [0.2, 0.25) is 0 Å².